The highest BCUT2D eigenvalue weighted by Gasteiger charge is 2.31. The quantitative estimate of drug-likeness (QED) is 0.848. The molecule has 1 aromatic carbocycles. The summed E-state index contributed by atoms with van der Waals surface area (Å²) in [5.74, 6) is 0.126. The Balaban J connectivity index is 1.94. The Morgan fingerprint density at radius 3 is 2.70 bits per heavy atom. The smallest absolute Gasteiger partial charge is 0.410 e. The van der Waals surface area contributed by atoms with Gasteiger partial charge in [-0.05, 0) is 24.8 Å². The summed E-state index contributed by atoms with van der Waals surface area (Å²) in [5, 5.41) is 0. The van der Waals surface area contributed by atoms with Gasteiger partial charge in [0.05, 0.1) is 6.04 Å². The average Bonchev–Trinajstić information content (AvgIpc) is 2.52. The second-order valence-electron chi connectivity index (χ2n) is 5.07. The van der Waals surface area contributed by atoms with E-state index in [0.29, 0.717) is 13.0 Å². The normalized spacial score (nSPS) is 18.6. The van der Waals surface area contributed by atoms with E-state index >= 15 is 0 Å². The van der Waals surface area contributed by atoms with E-state index in [0.717, 1.165) is 24.8 Å². The topological polar surface area (TPSA) is 46.6 Å². The zero-order valence-electron chi connectivity index (χ0n) is 11.9. The highest BCUT2D eigenvalue weighted by molar-refractivity contribution is 5.87. The first kappa shape index (κ1) is 14.6. The van der Waals surface area contributed by atoms with Crippen molar-refractivity contribution in [1.82, 2.24) is 4.90 Å². The van der Waals surface area contributed by atoms with Crippen molar-refractivity contribution in [2.75, 3.05) is 6.54 Å². The summed E-state index contributed by atoms with van der Waals surface area (Å²) in [6, 6.07) is 9.28. The molecule has 0 saturated carbocycles. The third-order valence-electron chi connectivity index (χ3n) is 3.66. The molecule has 1 atom stereocenters. The van der Waals surface area contributed by atoms with E-state index in [2.05, 4.69) is 0 Å². The molecule has 0 aliphatic carbocycles. The van der Waals surface area contributed by atoms with E-state index in [1.54, 1.807) is 4.90 Å². The molecule has 108 valence electrons. The van der Waals surface area contributed by atoms with Gasteiger partial charge < -0.3 is 4.74 Å². The van der Waals surface area contributed by atoms with Crippen molar-refractivity contribution in [3.8, 4) is 0 Å². The summed E-state index contributed by atoms with van der Waals surface area (Å²) in [5.41, 5.74) is 0.955. The molecule has 0 spiro atoms. The summed E-state index contributed by atoms with van der Waals surface area (Å²) in [6.45, 7) is 2.71. The fourth-order valence-electron chi connectivity index (χ4n) is 2.52. The predicted molar refractivity (Wildman–Crippen MR) is 76.3 cm³/mol. The largest absolute Gasteiger partial charge is 0.445 e. The van der Waals surface area contributed by atoms with E-state index in [9.17, 15) is 9.59 Å². The molecule has 2 rings (SSSR count). The van der Waals surface area contributed by atoms with E-state index < -0.39 is 0 Å². The molecule has 0 unspecified atom stereocenters. The molecular weight excluding hydrogens is 254 g/mol. The number of carbonyl (C=O) groups excluding carboxylic acids is 2. The molecule has 1 heterocycles. The van der Waals surface area contributed by atoms with Crippen molar-refractivity contribution in [2.24, 2.45) is 0 Å². The van der Waals surface area contributed by atoms with Crippen LogP contribution in [0.1, 0.15) is 38.2 Å². The second-order valence-corrected chi connectivity index (χ2v) is 5.07. The van der Waals surface area contributed by atoms with Crippen LogP contribution in [0.25, 0.3) is 0 Å². The molecular formula is C16H21NO3. The Morgan fingerprint density at radius 2 is 2.00 bits per heavy atom. The van der Waals surface area contributed by atoms with Crippen LogP contribution >= 0.6 is 0 Å². The van der Waals surface area contributed by atoms with Gasteiger partial charge in [0, 0.05) is 13.0 Å². The summed E-state index contributed by atoms with van der Waals surface area (Å²) in [6.07, 6.45) is 2.79. The minimum absolute atomic E-state index is 0.126. The van der Waals surface area contributed by atoms with Gasteiger partial charge in [0.15, 0.2) is 5.78 Å². The maximum atomic E-state index is 12.2. The Kier molecular flexibility index (Phi) is 5.16. The third-order valence-corrected chi connectivity index (χ3v) is 3.66. The molecule has 4 nitrogen and oxygen atoms in total. The number of benzene rings is 1. The van der Waals surface area contributed by atoms with Crippen LogP contribution in [0.15, 0.2) is 30.3 Å². The number of likely N-dealkylation sites (tertiary alicyclic amines) is 1. The highest BCUT2D eigenvalue weighted by atomic mass is 16.6. The minimum Gasteiger partial charge on any atom is -0.445 e. The predicted octanol–water partition coefficient (Wildman–Crippen LogP) is 3.16. The van der Waals surface area contributed by atoms with Gasteiger partial charge in [0.25, 0.3) is 0 Å². The Hall–Kier alpha value is -1.84. The van der Waals surface area contributed by atoms with Crippen molar-refractivity contribution >= 4 is 11.9 Å². The molecule has 1 aliphatic rings. The van der Waals surface area contributed by atoms with Crippen LogP contribution in [0.3, 0.4) is 0 Å². The molecule has 1 aromatic rings. The zero-order chi connectivity index (χ0) is 14.4. The molecule has 1 amide bonds. The lowest BCUT2D eigenvalue weighted by Crippen LogP contribution is -2.48. The van der Waals surface area contributed by atoms with Crippen molar-refractivity contribution in [2.45, 2.75) is 45.3 Å². The van der Waals surface area contributed by atoms with Crippen LogP contribution < -0.4 is 0 Å². The molecule has 0 bridgehead atoms. The molecule has 1 fully saturated rings. The van der Waals surface area contributed by atoms with Gasteiger partial charge in [0.1, 0.15) is 6.61 Å². The maximum absolute atomic E-state index is 12.2. The van der Waals surface area contributed by atoms with Crippen LogP contribution in [0.5, 0.6) is 0 Å². The van der Waals surface area contributed by atoms with E-state index in [1.165, 1.54) is 0 Å². The van der Waals surface area contributed by atoms with Gasteiger partial charge in [-0.15, -0.1) is 0 Å². The number of rotatable bonds is 4. The molecule has 1 aliphatic heterocycles. The molecule has 0 N–H and O–H groups in total. The van der Waals surface area contributed by atoms with Crippen molar-refractivity contribution in [1.29, 1.82) is 0 Å². The highest BCUT2D eigenvalue weighted by Crippen LogP contribution is 2.20. The van der Waals surface area contributed by atoms with Gasteiger partial charge >= 0.3 is 6.09 Å². The van der Waals surface area contributed by atoms with Crippen LogP contribution in [-0.2, 0) is 16.1 Å². The molecule has 4 heteroatoms. The number of nitrogens with zero attached hydrogens (tertiary/aromatic N) is 1. The van der Waals surface area contributed by atoms with Gasteiger partial charge in [-0.1, -0.05) is 37.3 Å². The lowest BCUT2D eigenvalue weighted by molar-refractivity contribution is -0.124. The minimum atomic E-state index is -0.375. The van der Waals surface area contributed by atoms with Crippen LogP contribution in [-0.4, -0.2) is 29.4 Å². The number of piperidine rings is 1. The van der Waals surface area contributed by atoms with Gasteiger partial charge in [-0.25, -0.2) is 4.79 Å². The number of carbonyl (C=O) groups is 2. The van der Waals surface area contributed by atoms with E-state index in [-0.39, 0.29) is 24.5 Å². The van der Waals surface area contributed by atoms with E-state index in [1.807, 2.05) is 37.3 Å². The first-order valence-electron chi connectivity index (χ1n) is 7.22. The summed E-state index contributed by atoms with van der Waals surface area (Å²) in [4.78, 5) is 25.7. The van der Waals surface area contributed by atoms with Crippen LogP contribution in [0.2, 0.25) is 0 Å². The van der Waals surface area contributed by atoms with Crippen LogP contribution in [0.4, 0.5) is 4.79 Å². The molecule has 0 radical (unpaired) electrons. The SMILES string of the molecule is CCC(=O)[C@@H]1CCCCN1C(=O)OCc1ccccc1. The fourth-order valence-corrected chi connectivity index (χ4v) is 2.52. The summed E-state index contributed by atoms with van der Waals surface area (Å²) < 4.78 is 5.33. The number of hydrogen-bond donors (Lipinski definition) is 0. The van der Waals surface area contributed by atoms with Crippen molar-refractivity contribution < 1.29 is 14.3 Å². The molecule has 1 saturated heterocycles. The number of hydrogen-bond acceptors (Lipinski definition) is 3. The van der Waals surface area contributed by atoms with Crippen molar-refractivity contribution in [3.63, 3.8) is 0 Å². The number of ether oxygens (including phenoxy) is 1. The van der Waals surface area contributed by atoms with Crippen LogP contribution in [0, 0.1) is 0 Å². The lowest BCUT2D eigenvalue weighted by atomic mass is 9.98. The average molecular weight is 275 g/mol. The zero-order valence-corrected chi connectivity index (χ0v) is 11.9. The Labute approximate surface area is 119 Å². The lowest BCUT2D eigenvalue weighted by Gasteiger charge is -2.33. The summed E-state index contributed by atoms with van der Waals surface area (Å²) >= 11 is 0. The second kappa shape index (κ2) is 7.08. The monoisotopic (exact) mass is 275 g/mol. The van der Waals surface area contributed by atoms with Gasteiger partial charge in [0.2, 0.25) is 0 Å². The third kappa shape index (κ3) is 3.59. The first-order chi connectivity index (χ1) is 9.72. The Bertz CT molecular complexity index is 458. The number of amides is 1. The maximum Gasteiger partial charge on any atom is 0.410 e. The number of ketones is 1. The van der Waals surface area contributed by atoms with Gasteiger partial charge in [-0.2, -0.15) is 0 Å². The Morgan fingerprint density at radius 1 is 1.25 bits per heavy atom. The first-order valence-corrected chi connectivity index (χ1v) is 7.22. The molecule has 20 heavy (non-hydrogen) atoms. The molecule has 0 aromatic heterocycles. The standard InChI is InChI=1S/C16H21NO3/c1-2-15(18)14-10-6-7-11-17(14)16(19)20-12-13-8-4-3-5-9-13/h3-5,8-9,14H,2,6-7,10-12H2,1H3/t14-/m0/s1. The fraction of sp³-hybridized carbons (Fsp3) is 0.500. The van der Waals surface area contributed by atoms with Gasteiger partial charge in [-0.3, -0.25) is 9.69 Å². The number of Topliss-reactive ketones (excluding diaryl/α,β-unsaturated/α-hetero) is 1. The van der Waals surface area contributed by atoms with E-state index in [4.69, 9.17) is 4.74 Å². The summed E-state index contributed by atoms with van der Waals surface area (Å²) in [7, 11) is 0. The van der Waals surface area contributed by atoms with Crippen molar-refractivity contribution in [3.05, 3.63) is 35.9 Å².